The van der Waals surface area contributed by atoms with Gasteiger partial charge in [0.15, 0.2) is 6.10 Å². The third kappa shape index (κ3) is 5.04. The van der Waals surface area contributed by atoms with E-state index in [1.807, 2.05) is 0 Å². The van der Waals surface area contributed by atoms with Gasteiger partial charge < -0.3 is 34.6 Å². The van der Waals surface area contributed by atoms with Crippen LogP contribution in [0, 0.1) is 6.92 Å². The van der Waals surface area contributed by atoms with E-state index in [0.717, 1.165) is 0 Å². The third-order valence-electron chi connectivity index (χ3n) is 6.22. The summed E-state index contributed by atoms with van der Waals surface area (Å²) in [7, 11) is 1.47. The number of esters is 1. The first kappa shape index (κ1) is 26.6. The maximum Gasteiger partial charge on any atom is 0.335 e. The lowest BCUT2D eigenvalue weighted by molar-refractivity contribution is -0.286. The van der Waals surface area contributed by atoms with Crippen LogP contribution in [-0.2, 0) is 25.5 Å². The van der Waals surface area contributed by atoms with E-state index in [0.29, 0.717) is 38.5 Å². The minimum absolute atomic E-state index is 0.361. The van der Waals surface area contributed by atoms with Crippen LogP contribution in [0.15, 0.2) is 42.5 Å². The first-order chi connectivity index (χ1) is 17.5. The molecule has 5 atom stereocenters. The molecule has 4 N–H and O–H groups in total. The molecule has 2 aromatic carbocycles. The zero-order valence-corrected chi connectivity index (χ0v) is 20.5. The van der Waals surface area contributed by atoms with E-state index in [9.17, 15) is 34.8 Å². The molecule has 3 aromatic rings. The van der Waals surface area contributed by atoms with Crippen LogP contribution in [0.25, 0.3) is 10.9 Å². The van der Waals surface area contributed by atoms with Gasteiger partial charge in [-0.05, 0) is 55.0 Å². The summed E-state index contributed by atoms with van der Waals surface area (Å²) < 4.78 is 16.9. The van der Waals surface area contributed by atoms with Crippen molar-refractivity contribution >= 4 is 40.3 Å². The van der Waals surface area contributed by atoms with Gasteiger partial charge in [0.05, 0.1) is 19.0 Å². The number of carboxylic acids is 1. The number of aromatic nitrogens is 1. The Bertz CT molecular complexity index is 1350. The number of aliphatic hydroxyl groups is 3. The molecular formula is C25H24ClNO10. The molecule has 0 aliphatic carbocycles. The van der Waals surface area contributed by atoms with E-state index < -0.39 is 42.6 Å². The van der Waals surface area contributed by atoms with E-state index in [-0.39, 0.29) is 12.3 Å². The van der Waals surface area contributed by atoms with E-state index in [2.05, 4.69) is 0 Å². The molecule has 2 heterocycles. The lowest BCUT2D eigenvalue weighted by Gasteiger charge is -2.37. The Morgan fingerprint density at radius 3 is 2.32 bits per heavy atom. The van der Waals surface area contributed by atoms with Gasteiger partial charge in [-0.15, -0.1) is 0 Å². The number of carbonyl (C=O) groups is 3. The SMILES string of the molecule is COc1ccc2c(c1)c(CC(=O)OC1O[C@H](C(=O)O)[C@@H](O)[C@H](O)[C@H]1O)c(C)n2C(=O)c1ccc(Cl)cc1. The average molecular weight is 534 g/mol. The molecule has 12 heteroatoms. The lowest BCUT2D eigenvalue weighted by atomic mass is 9.99. The van der Waals surface area contributed by atoms with Crippen LogP contribution in [0.2, 0.25) is 5.02 Å². The summed E-state index contributed by atoms with van der Waals surface area (Å²) in [6, 6.07) is 11.3. The molecule has 11 nitrogen and oxygen atoms in total. The number of methoxy groups -OCH3 is 1. The van der Waals surface area contributed by atoms with Gasteiger partial charge in [-0.3, -0.25) is 14.2 Å². The molecule has 0 bridgehead atoms. The normalized spacial score (nSPS) is 23.6. The van der Waals surface area contributed by atoms with Crippen molar-refractivity contribution in [2.24, 2.45) is 0 Å². The first-order valence-corrected chi connectivity index (χ1v) is 11.5. The van der Waals surface area contributed by atoms with Gasteiger partial charge in [-0.1, -0.05) is 11.6 Å². The molecule has 0 radical (unpaired) electrons. The smallest absolute Gasteiger partial charge is 0.335 e. The van der Waals surface area contributed by atoms with Crippen molar-refractivity contribution < 1.29 is 49.0 Å². The third-order valence-corrected chi connectivity index (χ3v) is 6.47. The monoisotopic (exact) mass is 533 g/mol. The quantitative estimate of drug-likeness (QED) is 0.339. The second-order valence-electron chi connectivity index (χ2n) is 8.50. The van der Waals surface area contributed by atoms with Crippen LogP contribution in [0.4, 0.5) is 0 Å². The van der Waals surface area contributed by atoms with Crippen molar-refractivity contribution in [1.82, 2.24) is 4.57 Å². The van der Waals surface area contributed by atoms with Crippen LogP contribution in [0.3, 0.4) is 0 Å². The van der Waals surface area contributed by atoms with Crippen molar-refractivity contribution in [3.05, 3.63) is 64.3 Å². The van der Waals surface area contributed by atoms with E-state index in [1.54, 1.807) is 49.4 Å². The number of aliphatic hydroxyl groups excluding tert-OH is 3. The molecule has 1 unspecified atom stereocenters. The molecule has 0 amide bonds. The van der Waals surface area contributed by atoms with Crippen molar-refractivity contribution in [3.8, 4) is 5.75 Å². The predicted molar refractivity (Wildman–Crippen MR) is 129 cm³/mol. The molecule has 1 aliphatic rings. The van der Waals surface area contributed by atoms with E-state index in [4.69, 9.17) is 25.8 Å². The van der Waals surface area contributed by atoms with Crippen LogP contribution in [-0.4, -0.2) is 80.7 Å². The standard InChI is InChI=1S/C25H24ClNO10/c1-11-15(10-18(28)36-25-21(31)19(29)20(30)22(37-25)24(33)34)16-9-14(35-2)7-8-17(16)27(11)23(32)12-3-5-13(26)6-4-12/h3-9,19-22,25,29-31H,10H2,1-2H3,(H,33,34)/t19-,20-,21+,22-,25?/m0/s1. The van der Waals surface area contributed by atoms with E-state index >= 15 is 0 Å². The number of fused-ring (bicyclic) bond motifs is 1. The van der Waals surface area contributed by atoms with Gasteiger partial charge in [-0.2, -0.15) is 0 Å². The molecule has 196 valence electrons. The van der Waals surface area contributed by atoms with Crippen LogP contribution in [0.5, 0.6) is 5.75 Å². The van der Waals surface area contributed by atoms with Crippen LogP contribution in [0.1, 0.15) is 21.6 Å². The minimum Gasteiger partial charge on any atom is -0.497 e. The second kappa shape index (κ2) is 10.5. The highest BCUT2D eigenvalue weighted by Gasteiger charge is 2.48. The highest BCUT2D eigenvalue weighted by Crippen LogP contribution is 2.31. The summed E-state index contributed by atoms with van der Waals surface area (Å²) in [5.41, 5.74) is 1.71. The van der Waals surface area contributed by atoms with Gasteiger partial charge >= 0.3 is 11.9 Å². The van der Waals surface area contributed by atoms with Crippen molar-refractivity contribution in [3.63, 3.8) is 0 Å². The Balaban J connectivity index is 1.67. The second-order valence-corrected chi connectivity index (χ2v) is 8.93. The van der Waals surface area contributed by atoms with Crippen molar-refractivity contribution in [1.29, 1.82) is 0 Å². The largest absolute Gasteiger partial charge is 0.497 e. The van der Waals surface area contributed by atoms with Gasteiger partial charge in [0.2, 0.25) is 6.29 Å². The summed E-state index contributed by atoms with van der Waals surface area (Å²) in [4.78, 5) is 37.6. The Kier molecular flexibility index (Phi) is 7.53. The number of aliphatic carboxylic acids is 1. The first-order valence-electron chi connectivity index (χ1n) is 11.1. The number of ether oxygens (including phenoxy) is 3. The number of rotatable bonds is 6. The number of carboxylic acid groups (broad SMARTS) is 1. The maximum absolute atomic E-state index is 13.4. The number of carbonyl (C=O) groups excluding carboxylic acids is 2. The molecule has 1 aromatic heterocycles. The fourth-order valence-corrected chi connectivity index (χ4v) is 4.39. The van der Waals surface area contributed by atoms with E-state index in [1.165, 1.54) is 11.7 Å². The van der Waals surface area contributed by atoms with Gasteiger partial charge in [0, 0.05) is 21.7 Å². The highest BCUT2D eigenvalue weighted by atomic mass is 35.5. The zero-order chi connectivity index (χ0) is 27.0. The van der Waals surface area contributed by atoms with Gasteiger partial charge in [0.25, 0.3) is 5.91 Å². The molecule has 1 fully saturated rings. The average Bonchev–Trinajstić information content (AvgIpc) is 3.14. The summed E-state index contributed by atoms with van der Waals surface area (Å²) in [5.74, 6) is -2.42. The Labute approximate surface area is 215 Å². The van der Waals surface area contributed by atoms with Crippen molar-refractivity contribution in [2.75, 3.05) is 7.11 Å². The number of hydrogen-bond donors (Lipinski definition) is 4. The Hall–Kier alpha value is -3.48. The number of halogens is 1. The van der Waals surface area contributed by atoms with Gasteiger partial charge in [0.1, 0.15) is 24.1 Å². The lowest BCUT2D eigenvalue weighted by Crippen LogP contribution is -2.60. The molecule has 4 rings (SSSR count). The number of hydrogen-bond acceptors (Lipinski definition) is 9. The highest BCUT2D eigenvalue weighted by molar-refractivity contribution is 6.30. The van der Waals surface area contributed by atoms with Crippen LogP contribution < -0.4 is 4.74 Å². The zero-order valence-electron chi connectivity index (χ0n) is 19.7. The summed E-state index contributed by atoms with van der Waals surface area (Å²) in [5, 5.41) is 40.1. The fourth-order valence-electron chi connectivity index (χ4n) is 4.26. The molecule has 0 spiro atoms. The molecule has 37 heavy (non-hydrogen) atoms. The molecule has 1 saturated heterocycles. The van der Waals surface area contributed by atoms with Gasteiger partial charge in [-0.25, -0.2) is 4.79 Å². The van der Waals surface area contributed by atoms with Crippen LogP contribution >= 0.6 is 11.6 Å². The molecule has 1 aliphatic heterocycles. The topological polar surface area (TPSA) is 165 Å². The molecule has 0 saturated carbocycles. The maximum atomic E-state index is 13.4. The fraction of sp³-hybridized carbons (Fsp3) is 0.320. The Morgan fingerprint density at radius 2 is 1.70 bits per heavy atom. The molecular weight excluding hydrogens is 510 g/mol. The van der Waals surface area contributed by atoms with Crippen molar-refractivity contribution in [2.45, 2.75) is 44.1 Å². The summed E-state index contributed by atoms with van der Waals surface area (Å²) >= 11 is 5.94. The summed E-state index contributed by atoms with van der Waals surface area (Å²) in [6.45, 7) is 1.65. The number of benzene rings is 2. The number of nitrogens with zero attached hydrogens (tertiary/aromatic N) is 1. The Morgan fingerprint density at radius 1 is 1.03 bits per heavy atom. The summed E-state index contributed by atoms with van der Waals surface area (Å²) in [6.07, 6.45) is -9.87. The predicted octanol–water partition coefficient (Wildman–Crippen LogP) is 1.28. The minimum atomic E-state index is -1.92.